The first-order valence-corrected chi connectivity index (χ1v) is 9.38. The number of likely N-dealkylation sites (tertiary alicyclic amines) is 1. The number of piperidine rings is 2. The van der Waals surface area contributed by atoms with Crippen LogP contribution in [0.15, 0.2) is 0 Å². The molecule has 2 aliphatic heterocycles. The zero-order valence-electron chi connectivity index (χ0n) is 14.6. The van der Waals surface area contributed by atoms with Crippen molar-refractivity contribution < 1.29 is 4.79 Å². The van der Waals surface area contributed by atoms with E-state index in [2.05, 4.69) is 29.4 Å². The lowest BCUT2D eigenvalue weighted by atomic mass is 9.85. The highest BCUT2D eigenvalue weighted by Crippen LogP contribution is 2.22. The van der Waals surface area contributed by atoms with Gasteiger partial charge in [-0.1, -0.05) is 13.8 Å². The lowest BCUT2D eigenvalue weighted by molar-refractivity contribution is -0.122. The number of hydrogen-bond acceptors (Lipinski definition) is 3. The molecule has 2 unspecified atom stereocenters. The van der Waals surface area contributed by atoms with Crippen LogP contribution in [0, 0.1) is 17.8 Å². The maximum atomic E-state index is 12.2. The predicted molar refractivity (Wildman–Crippen MR) is 91.8 cm³/mol. The van der Waals surface area contributed by atoms with Gasteiger partial charge in [-0.15, -0.1) is 0 Å². The summed E-state index contributed by atoms with van der Waals surface area (Å²) < 4.78 is 0. The van der Waals surface area contributed by atoms with Crippen molar-refractivity contribution in [2.75, 3.05) is 39.3 Å². The molecule has 2 saturated heterocycles. The molecule has 0 bridgehead atoms. The van der Waals surface area contributed by atoms with Gasteiger partial charge >= 0.3 is 0 Å². The van der Waals surface area contributed by atoms with E-state index in [0.29, 0.717) is 24.2 Å². The Bertz CT molecular complexity index is 320. The maximum absolute atomic E-state index is 12.2. The van der Waals surface area contributed by atoms with Gasteiger partial charge in [0.25, 0.3) is 0 Å². The molecule has 128 valence electrons. The second kappa shape index (κ2) is 9.51. The van der Waals surface area contributed by atoms with Crippen LogP contribution in [-0.2, 0) is 4.79 Å². The molecule has 4 heteroatoms. The minimum Gasteiger partial charge on any atom is -0.356 e. The molecule has 2 rings (SSSR count). The SMILES string of the molecule is CCCN1CCC(CNC(=O)CC(C)C2CCCNC2)CC1. The van der Waals surface area contributed by atoms with Gasteiger partial charge in [-0.3, -0.25) is 4.79 Å². The Morgan fingerprint density at radius 3 is 2.73 bits per heavy atom. The zero-order chi connectivity index (χ0) is 15.8. The van der Waals surface area contributed by atoms with Crippen molar-refractivity contribution in [1.82, 2.24) is 15.5 Å². The van der Waals surface area contributed by atoms with Gasteiger partial charge in [-0.25, -0.2) is 0 Å². The molecule has 0 aromatic rings. The first kappa shape index (κ1) is 17.7. The predicted octanol–water partition coefficient (Wildman–Crippen LogP) is 2.25. The summed E-state index contributed by atoms with van der Waals surface area (Å²) >= 11 is 0. The molecular formula is C18H35N3O. The summed E-state index contributed by atoms with van der Waals surface area (Å²) in [4.78, 5) is 14.7. The van der Waals surface area contributed by atoms with Crippen LogP contribution in [-0.4, -0.2) is 50.1 Å². The first-order valence-electron chi connectivity index (χ1n) is 9.38. The van der Waals surface area contributed by atoms with Crippen LogP contribution in [0.3, 0.4) is 0 Å². The van der Waals surface area contributed by atoms with Crippen molar-refractivity contribution in [1.29, 1.82) is 0 Å². The van der Waals surface area contributed by atoms with Crippen LogP contribution in [0.4, 0.5) is 0 Å². The molecular weight excluding hydrogens is 274 g/mol. The molecule has 0 aliphatic carbocycles. The van der Waals surface area contributed by atoms with Crippen molar-refractivity contribution in [2.45, 2.75) is 52.4 Å². The van der Waals surface area contributed by atoms with E-state index in [9.17, 15) is 4.79 Å². The van der Waals surface area contributed by atoms with Crippen LogP contribution >= 0.6 is 0 Å². The lowest BCUT2D eigenvalue weighted by Crippen LogP contribution is -2.40. The molecule has 0 aromatic carbocycles. The van der Waals surface area contributed by atoms with E-state index in [1.807, 2.05) is 0 Å². The molecule has 0 spiro atoms. The molecule has 2 heterocycles. The van der Waals surface area contributed by atoms with Crippen LogP contribution in [0.25, 0.3) is 0 Å². The smallest absolute Gasteiger partial charge is 0.220 e. The third kappa shape index (κ3) is 5.88. The maximum Gasteiger partial charge on any atom is 0.220 e. The number of nitrogens with zero attached hydrogens (tertiary/aromatic N) is 1. The second-order valence-corrected chi connectivity index (χ2v) is 7.38. The van der Waals surface area contributed by atoms with Gasteiger partial charge in [0.2, 0.25) is 5.91 Å². The monoisotopic (exact) mass is 309 g/mol. The van der Waals surface area contributed by atoms with Crippen molar-refractivity contribution in [3.63, 3.8) is 0 Å². The Hall–Kier alpha value is -0.610. The fourth-order valence-corrected chi connectivity index (χ4v) is 3.88. The first-order chi connectivity index (χ1) is 10.7. The Morgan fingerprint density at radius 2 is 2.09 bits per heavy atom. The Kier molecular flexibility index (Phi) is 7.67. The standard InChI is InChI=1S/C18H35N3O/c1-3-9-21-10-6-16(7-11-21)13-20-18(22)12-15(2)17-5-4-8-19-14-17/h15-17,19H,3-14H2,1-2H3,(H,20,22). The van der Waals surface area contributed by atoms with Gasteiger partial charge in [0.15, 0.2) is 0 Å². The summed E-state index contributed by atoms with van der Waals surface area (Å²) in [6.45, 7) is 11.2. The fraction of sp³-hybridized carbons (Fsp3) is 0.944. The molecule has 0 saturated carbocycles. The molecule has 2 N–H and O–H groups in total. The minimum atomic E-state index is 0.258. The fourth-order valence-electron chi connectivity index (χ4n) is 3.88. The minimum absolute atomic E-state index is 0.258. The van der Waals surface area contributed by atoms with Crippen molar-refractivity contribution in [3.05, 3.63) is 0 Å². The number of nitrogens with one attached hydrogen (secondary N) is 2. The average Bonchev–Trinajstić information content (AvgIpc) is 2.55. The van der Waals surface area contributed by atoms with E-state index in [4.69, 9.17) is 0 Å². The molecule has 4 nitrogen and oxygen atoms in total. The normalized spacial score (nSPS) is 25.8. The Labute approximate surface area is 136 Å². The number of carbonyl (C=O) groups excluding carboxylic acids is 1. The molecule has 2 aliphatic rings. The molecule has 2 fully saturated rings. The molecule has 1 amide bonds. The summed E-state index contributed by atoms with van der Waals surface area (Å²) in [7, 11) is 0. The highest BCUT2D eigenvalue weighted by molar-refractivity contribution is 5.76. The molecule has 22 heavy (non-hydrogen) atoms. The van der Waals surface area contributed by atoms with Crippen LogP contribution < -0.4 is 10.6 Å². The van der Waals surface area contributed by atoms with Crippen LogP contribution in [0.5, 0.6) is 0 Å². The summed E-state index contributed by atoms with van der Waals surface area (Å²) in [5.41, 5.74) is 0. The summed E-state index contributed by atoms with van der Waals surface area (Å²) in [5.74, 6) is 2.12. The third-order valence-electron chi connectivity index (χ3n) is 5.48. The number of carbonyl (C=O) groups is 1. The van der Waals surface area contributed by atoms with E-state index < -0.39 is 0 Å². The van der Waals surface area contributed by atoms with E-state index in [1.165, 1.54) is 51.7 Å². The second-order valence-electron chi connectivity index (χ2n) is 7.38. The van der Waals surface area contributed by atoms with E-state index in [0.717, 1.165) is 19.6 Å². The van der Waals surface area contributed by atoms with Crippen molar-refractivity contribution in [2.24, 2.45) is 17.8 Å². The number of amides is 1. The summed E-state index contributed by atoms with van der Waals surface area (Å²) in [6, 6.07) is 0. The molecule has 0 aromatic heterocycles. The van der Waals surface area contributed by atoms with Crippen LogP contribution in [0.1, 0.15) is 52.4 Å². The van der Waals surface area contributed by atoms with Gasteiger partial charge < -0.3 is 15.5 Å². The highest BCUT2D eigenvalue weighted by atomic mass is 16.1. The molecule has 0 radical (unpaired) electrons. The summed E-state index contributed by atoms with van der Waals surface area (Å²) in [5, 5.41) is 6.64. The quantitative estimate of drug-likeness (QED) is 0.758. The lowest BCUT2D eigenvalue weighted by Gasteiger charge is -2.32. The number of hydrogen-bond donors (Lipinski definition) is 2. The van der Waals surface area contributed by atoms with Crippen molar-refractivity contribution in [3.8, 4) is 0 Å². The summed E-state index contributed by atoms with van der Waals surface area (Å²) in [6.07, 6.45) is 6.95. The van der Waals surface area contributed by atoms with Gasteiger partial charge in [-0.05, 0) is 82.6 Å². The van der Waals surface area contributed by atoms with Gasteiger partial charge in [-0.2, -0.15) is 0 Å². The number of rotatable bonds is 7. The Balaban J connectivity index is 1.59. The van der Waals surface area contributed by atoms with E-state index in [1.54, 1.807) is 0 Å². The van der Waals surface area contributed by atoms with Crippen LogP contribution in [0.2, 0.25) is 0 Å². The third-order valence-corrected chi connectivity index (χ3v) is 5.48. The highest BCUT2D eigenvalue weighted by Gasteiger charge is 2.23. The van der Waals surface area contributed by atoms with Gasteiger partial charge in [0.1, 0.15) is 0 Å². The van der Waals surface area contributed by atoms with E-state index >= 15 is 0 Å². The average molecular weight is 309 g/mol. The van der Waals surface area contributed by atoms with Crippen molar-refractivity contribution >= 4 is 5.91 Å². The zero-order valence-corrected chi connectivity index (χ0v) is 14.6. The Morgan fingerprint density at radius 1 is 1.32 bits per heavy atom. The van der Waals surface area contributed by atoms with Gasteiger partial charge in [0.05, 0.1) is 0 Å². The molecule has 2 atom stereocenters. The largest absolute Gasteiger partial charge is 0.356 e. The topological polar surface area (TPSA) is 44.4 Å². The van der Waals surface area contributed by atoms with E-state index in [-0.39, 0.29) is 5.91 Å². The van der Waals surface area contributed by atoms with Gasteiger partial charge in [0, 0.05) is 13.0 Å².